The maximum Gasteiger partial charge on any atom is 0.315 e. The standard InChI is InChI=1S/C48H78O20/c1-20-9-12-48(43(62)68-42-38(61)35(58)32(55)26(66-42)18-63-40-36(59)33(56)30(53)24(16-49)64-40)14-13-46(5)22(29(48)21(20)2)7-8-28-44(3)15-23(52)39(45(4,19-51)27(44)10-11-47(28,46)6)67-41-37(60)34(57)31(54)25(17-50)65-41/h7,20-21,23-42,49-61H,8-19H2,1-6H3/t20-,21+,23-,24-,25-,26-,27?,28-,29?,30-,31-,32-,33+,34+,35+,36-,37-,38-,39+,40-,41+,42+,44+,45+,46-,47-,48+/m1/s1. The molecule has 3 heterocycles. The van der Waals surface area contributed by atoms with Crippen LogP contribution in [-0.2, 0) is 33.2 Å². The first-order valence-electron chi connectivity index (χ1n) is 24.7. The third-order valence-electron chi connectivity index (χ3n) is 19.7. The van der Waals surface area contributed by atoms with E-state index < -0.39 is 152 Å². The van der Waals surface area contributed by atoms with E-state index in [9.17, 15) is 66.4 Å². The van der Waals surface area contributed by atoms with E-state index in [1.54, 1.807) is 0 Å². The highest BCUT2D eigenvalue weighted by molar-refractivity contribution is 5.79. The zero-order valence-electron chi connectivity index (χ0n) is 39.9. The van der Waals surface area contributed by atoms with Gasteiger partial charge in [0.1, 0.15) is 73.2 Å². The van der Waals surface area contributed by atoms with Crippen molar-refractivity contribution < 1.29 is 99.6 Å². The molecule has 0 amide bonds. The fourth-order valence-corrected chi connectivity index (χ4v) is 15.3. The largest absolute Gasteiger partial charge is 0.432 e. The van der Waals surface area contributed by atoms with E-state index in [1.165, 1.54) is 0 Å². The summed E-state index contributed by atoms with van der Waals surface area (Å²) in [6.45, 7) is 10.7. The number of fused-ring (bicyclic) bond motifs is 7. The number of esters is 1. The topological polar surface area (TPSA) is 335 Å². The van der Waals surface area contributed by atoms with Gasteiger partial charge in [-0.05, 0) is 97.2 Å². The van der Waals surface area contributed by atoms with Gasteiger partial charge < -0.3 is 94.8 Å². The smallest absolute Gasteiger partial charge is 0.315 e. The van der Waals surface area contributed by atoms with Crippen LogP contribution in [0.2, 0.25) is 0 Å². The molecule has 2 unspecified atom stereocenters. The van der Waals surface area contributed by atoms with Gasteiger partial charge in [0.15, 0.2) is 12.6 Å². The summed E-state index contributed by atoms with van der Waals surface area (Å²) in [6, 6.07) is 0. The maximum atomic E-state index is 15.0. The van der Waals surface area contributed by atoms with Gasteiger partial charge in [-0.2, -0.15) is 0 Å². The number of hydrogen-bond donors (Lipinski definition) is 13. The van der Waals surface area contributed by atoms with E-state index in [-0.39, 0.29) is 41.6 Å². The first-order valence-corrected chi connectivity index (χ1v) is 24.7. The van der Waals surface area contributed by atoms with Gasteiger partial charge in [0.2, 0.25) is 6.29 Å². The summed E-state index contributed by atoms with van der Waals surface area (Å²) >= 11 is 0. The zero-order chi connectivity index (χ0) is 49.8. The molecule has 0 bridgehead atoms. The number of ether oxygens (including phenoxy) is 6. The lowest BCUT2D eigenvalue weighted by Gasteiger charge is -2.72. The molecule has 13 N–H and O–H groups in total. The van der Waals surface area contributed by atoms with Crippen LogP contribution in [0.25, 0.3) is 0 Å². The van der Waals surface area contributed by atoms with Crippen LogP contribution in [-0.4, -0.2) is 203 Å². The predicted octanol–water partition coefficient (Wildman–Crippen LogP) is -2.06. The average Bonchev–Trinajstić information content (AvgIpc) is 3.30. The Morgan fingerprint density at radius 3 is 1.82 bits per heavy atom. The number of aliphatic hydroxyl groups is 13. The van der Waals surface area contributed by atoms with Crippen LogP contribution in [0.4, 0.5) is 0 Å². The normalized spacial score (nSPS) is 56.0. The molecule has 20 nitrogen and oxygen atoms in total. The predicted molar refractivity (Wildman–Crippen MR) is 233 cm³/mol. The molecular weight excluding hydrogens is 897 g/mol. The van der Waals surface area contributed by atoms with Crippen LogP contribution in [0.3, 0.4) is 0 Å². The summed E-state index contributed by atoms with van der Waals surface area (Å²) in [7, 11) is 0. The first kappa shape index (κ1) is 52.8. The van der Waals surface area contributed by atoms with Gasteiger partial charge in [-0.1, -0.05) is 53.2 Å². The lowest BCUT2D eigenvalue weighted by molar-refractivity contribution is -0.345. The molecule has 0 aromatic heterocycles. The molecule has 20 heteroatoms. The number of aliphatic hydroxyl groups excluding tert-OH is 13. The number of allylic oxidation sites excluding steroid dienone is 2. The Labute approximate surface area is 396 Å². The summed E-state index contributed by atoms with van der Waals surface area (Å²) in [4.78, 5) is 15.0. The molecule has 0 radical (unpaired) electrons. The summed E-state index contributed by atoms with van der Waals surface area (Å²) in [5, 5.41) is 139. The number of carbonyl (C=O) groups excluding carboxylic acids is 1. The Morgan fingerprint density at radius 1 is 0.662 bits per heavy atom. The van der Waals surface area contributed by atoms with Crippen molar-refractivity contribution in [1.29, 1.82) is 0 Å². The van der Waals surface area contributed by atoms with Crippen LogP contribution in [0, 0.1) is 56.7 Å². The monoisotopic (exact) mass is 975 g/mol. The molecule has 7 fully saturated rings. The van der Waals surface area contributed by atoms with E-state index in [0.717, 1.165) is 18.4 Å². The van der Waals surface area contributed by atoms with Gasteiger partial charge in [0.25, 0.3) is 0 Å². The average molecular weight is 975 g/mol. The fourth-order valence-electron chi connectivity index (χ4n) is 15.3. The van der Waals surface area contributed by atoms with Crippen LogP contribution in [0.15, 0.2) is 11.6 Å². The highest BCUT2D eigenvalue weighted by Gasteiger charge is 2.72. The third kappa shape index (κ3) is 7.98. The molecular formula is C48H78O20. The van der Waals surface area contributed by atoms with Crippen LogP contribution >= 0.6 is 0 Å². The lowest BCUT2D eigenvalue weighted by atomic mass is 9.33. The molecule has 0 spiro atoms. The van der Waals surface area contributed by atoms with Gasteiger partial charge in [0.05, 0.1) is 44.1 Å². The highest BCUT2D eigenvalue weighted by Crippen LogP contribution is 2.76. The van der Waals surface area contributed by atoms with Crippen molar-refractivity contribution in [3.05, 3.63) is 11.6 Å². The summed E-state index contributed by atoms with van der Waals surface area (Å²) in [6.07, 6.45) is -19.5. The lowest BCUT2D eigenvalue weighted by Crippen LogP contribution is -2.69. The van der Waals surface area contributed by atoms with Gasteiger partial charge in [-0.3, -0.25) is 4.79 Å². The quantitative estimate of drug-likeness (QED) is 0.0636. The van der Waals surface area contributed by atoms with Crippen molar-refractivity contribution in [3.63, 3.8) is 0 Å². The molecule has 390 valence electrons. The van der Waals surface area contributed by atoms with E-state index in [1.807, 2.05) is 6.92 Å². The second-order valence-corrected chi connectivity index (χ2v) is 22.9. The van der Waals surface area contributed by atoms with Crippen molar-refractivity contribution in [3.8, 4) is 0 Å². The van der Waals surface area contributed by atoms with Crippen molar-refractivity contribution in [2.75, 3.05) is 26.4 Å². The van der Waals surface area contributed by atoms with Crippen molar-refractivity contribution >= 4 is 5.97 Å². The minimum absolute atomic E-state index is 0.00726. The zero-order valence-corrected chi connectivity index (χ0v) is 39.9. The van der Waals surface area contributed by atoms with Crippen LogP contribution < -0.4 is 0 Å². The van der Waals surface area contributed by atoms with Crippen molar-refractivity contribution in [1.82, 2.24) is 0 Å². The third-order valence-corrected chi connectivity index (χ3v) is 19.7. The molecule has 4 saturated carbocycles. The second kappa shape index (κ2) is 19.1. The maximum absolute atomic E-state index is 15.0. The summed E-state index contributed by atoms with van der Waals surface area (Å²) < 4.78 is 35.1. The molecule has 68 heavy (non-hydrogen) atoms. The van der Waals surface area contributed by atoms with Gasteiger partial charge in [-0.25, -0.2) is 0 Å². The van der Waals surface area contributed by atoms with Gasteiger partial charge in [0, 0.05) is 5.41 Å². The van der Waals surface area contributed by atoms with Crippen LogP contribution in [0.5, 0.6) is 0 Å². The Kier molecular flexibility index (Phi) is 14.8. The molecule has 0 aromatic carbocycles. The summed E-state index contributed by atoms with van der Waals surface area (Å²) in [5.74, 6) is -0.796. The van der Waals surface area contributed by atoms with Gasteiger partial charge >= 0.3 is 5.97 Å². The molecule has 0 aromatic rings. The molecule has 3 aliphatic heterocycles. The minimum atomic E-state index is -1.84. The molecule has 27 atom stereocenters. The van der Waals surface area contributed by atoms with E-state index in [0.29, 0.717) is 38.5 Å². The Bertz CT molecular complexity index is 1840. The fraction of sp³-hybridized carbons (Fsp3) is 0.938. The number of carbonyl (C=O) groups is 1. The Morgan fingerprint density at radius 2 is 1.22 bits per heavy atom. The molecule has 5 aliphatic carbocycles. The van der Waals surface area contributed by atoms with Gasteiger partial charge in [-0.15, -0.1) is 0 Å². The first-order chi connectivity index (χ1) is 31.9. The minimum Gasteiger partial charge on any atom is -0.432 e. The SMILES string of the molecule is C[C@@H]1CC[C@]2(C(=O)O[C@@H]3O[C@H](CO[C@@H]4O[C@H](CO)[C@@H](O)[C@H](O)[C@H]4O)[C@@H](O)[C@H](O)[C@H]3O)CC[C@]3(C)C(=CC[C@@H]4[C@@]5(C)C[C@@H](O)[C@H](O[C@@H]6O[C@H](CO)[C@@H](O)[C@H](O)[C@H]6O)[C@@](C)(CO)C5CC[C@]43C)C2[C@H]1C. The Balaban J connectivity index is 1.04. The highest BCUT2D eigenvalue weighted by atomic mass is 16.7. The number of hydrogen-bond acceptors (Lipinski definition) is 20. The van der Waals surface area contributed by atoms with E-state index >= 15 is 4.79 Å². The molecule has 8 rings (SSSR count). The summed E-state index contributed by atoms with van der Waals surface area (Å²) in [5.41, 5.74) is -2.24. The molecule has 8 aliphatic rings. The van der Waals surface area contributed by atoms with E-state index in [4.69, 9.17) is 28.4 Å². The Hall–Kier alpha value is -1.51. The van der Waals surface area contributed by atoms with Crippen LogP contribution in [0.1, 0.15) is 92.9 Å². The number of rotatable bonds is 10. The molecule has 3 saturated heterocycles. The van der Waals surface area contributed by atoms with Crippen molar-refractivity contribution in [2.24, 2.45) is 56.7 Å². The van der Waals surface area contributed by atoms with E-state index in [2.05, 4.69) is 40.7 Å². The second-order valence-electron chi connectivity index (χ2n) is 22.9. The van der Waals surface area contributed by atoms with Crippen molar-refractivity contribution in [2.45, 2.75) is 197 Å².